The van der Waals surface area contributed by atoms with Crippen LogP contribution in [0.3, 0.4) is 0 Å². The molecular weight excluding hydrogens is 206 g/mol. The molecular formula is C7H11N3O3S. The Kier molecular flexibility index (Phi) is 3.75. The first-order valence-corrected chi connectivity index (χ1v) is 5.00. The zero-order valence-electron chi connectivity index (χ0n) is 7.93. The second kappa shape index (κ2) is 4.85. The van der Waals surface area contributed by atoms with Crippen molar-refractivity contribution in [3.05, 3.63) is 0 Å². The van der Waals surface area contributed by atoms with Crippen LogP contribution in [-0.4, -0.2) is 38.2 Å². The van der Waals surface area contributed by atoms with E-state index in [4.69, 9.17) is 9.84 Å². The first kappa shape index (κ1) is 10.8. The molecule has 78 valence electrons. The SMILES string of the molecule is CCOc1nc(SCC(=O)O)n(C)n1. The quantitative estimate of drug-likeness (QED) is 0.719. The molecule has 0 fully saturated rings. The van der Waals surface area contributed by atoms with Crippen molar-refractivity contribution < 1.29 is 14.6 Å². The Morgan fingerprint density at radius 3 is 3.00 bits per heavy atom. The van der Waals surface area contributed by atoms with Crippen LogP contribution >= 0.6 is 11.8 Å². The number of aryl methyl sites for hydroxylation is 1. The van der Waals surface area contributed by atoms with Crippen LogP contribution in [0.1, 0.15) is 6.92 Å². The average molecular weight is 217 g/mol. The van der Waals surface area contributed by atoms with Crippen LogP contribution in [0.4, 0.5) is 0 Å². The minimum Gasteiger partial charge on any atom is -0.481 e. The summed E-state index contributed by atoms with van der Waals surface area (Å²) in [5.41, 5.74) is 0. The molecule has 0 saturated carbocycles. The molecule has 14 heavy (non-hydrogen) atoms. The number of carbonyl (C=O) groups is 1. The maximum atomic E-state index is 10.3. The topological polar surface area (TPSA) is 77.2 Å². The molecule has 1 aromatic heterocycles. The van der Waals surface area contributed by atoms with Crippen molar-refractivity contribution in [2.24, 2.45) is 7.05 Å². The summed E-state index contributed by atoms with van der Waals surface area (Å²) >= 11 is 1.11. The standard InChI is InChI=1S/C7H11N3O3S/c1-3-13-6-8-7(10(2)9-6)14-4-5(11)12/h3-4H2,1-2H3,(H,11,12). The largest absolute Gasteiger partial charge is 0.481 e. The van der Waals surface area contributed by atoms with Crippen molar-refractivity contribution in [1.29, 1.82) is 0 Å². The summed E-state index contributed by atoms with van der Waals surface area (Å²) in [6.45, 7) is 2.33. The first-order chi connectivity index (χ1) is 6.63. The lowest BCUT2D eigenvalue weighted by atomic mass is 10.8. The van der Waals surface area contributed by atoms with Gasteiger partial charge < -0.3 is 9.84 Å². The van der Waals surface area contributed by atoms with Crippen molar-refractivity contribution in [3.63, 3.8) is 0 Å². The Bertz CT molecular complexity index is 326. The normalized spacial score (nSPS) is 10.1. The van der Waals surface area contributed by atoms with E-state index in [-0.39, 0.29) is 11.8 Å². The van der Waals surface area contributed by atoms with E-state index in [0.29, 0.717) is 11.8 Å². The molecule has 1 aromatic rings. The third-order valence-corrected chi connectivity index (χ3v) is 2.31. The summed E-state index contributed by atoms with van der Waals surface area (Å²) in [5, 5.41) is 13.0. The lowest BCUT2D eigenvalue weighted by Gasteiger charge is -1.94. The van der Waals surface area contributed by atoms with Crippen molar-refractivity contribution in [3.8, 4) is 6.01 Å². The van der Waals surface area contributed by atoms with Gasteiger partial charge in [-0.3, -0.25) is 4.79 Å². The minimum absolute atomic E-state index is 0.0297. The number of aromatic nitrogens is 3. The van der Waals surface area contributed by atoms with Crippen molar-refractivity contribution in [2.45, 2.75) is 12.1 Å². The number of carboxylic acids is 1. The number of rotatable bonds is 5. The van der Waals surface area contributed by atoms with E-state index in [2.05, 4.69) is 10.1 Å². The van der Waals surface area contributed by atoms with Gasteiger partial charge in [0.1, 0.15) is 0 Å². The molecule has 1 N–H and O–H groups in total. The summed E-state index contributed by atoms with van der Waals surface area (Å²) in [4.78, 5) is 14.3. The highest BCUT2D eigenvalue weighted by molar-refractivity contribution is 7.99. The van der Waals surface area contributed by atoms with Crippen LogP contribution in [0.5, 0.6) is 6.01 Å². The van der Waals surface area contributed by atoms with Crippen LogP contribution in [0.2, 0.25) is 0 Å². The van der Waals surface area contributed by atoms with Gasteiger partial charge in [-0.05, 0) is 6.92 Å². The summed E-state index contributed by atoms with van der Waals surface area (Å²) in [6.07, 6.45) is 0. The molecule has 0 bridgehead atoms. The van der Waals surface area contributed by atoms with Crippen molar-refractivity contribution >= 4 is 17.7 Å². The fourth-order valence-corrected chi connectivity index (χ4v) is 1.41. The third-order valence-electron chi connectivity index (χ3n) is 1.30. The summed E-state index contributed by atoms with van der Waals surface area (Å²) in [5.74, 6) is -0.908. The van der Waals surface area contributed by atoms with Gasteiger partial charge >= 0.3 is 12.0 Å². The van der Waals surface area contributed by atoms with E-state index in [9.17, 15) is 4.79 Å². The van der Waals surface area contributed by atoms with Crippen LogP contribution in [0.15, 0.2) is 5.16 Å². The molecule has 0 saturated heterocycles. The molecule has 0 aliphatic rings. The Balaban J connectivity index is 2.62. The number of nitrogens with zero attached hydrogens (tertiary/aromatic N) is 3. The monoisotopic (exact) mass is 217 g/mol. The molecule has 7 heteroatoms. The fourth-order valence-electron chi connectivity index (χ4n) is 0.790. The molecule has 0 aliphatic heterocycles. The van der Waals surface area contributed by atoms with E-state index in [1.54, 1.807) is 7.05 Å². The van der Waals surface area contributed by atoms with Gasteiger partial charge in [0, 0.05) is 7.05 Å². The Morgan fingerprint density at radius 1 is 1.71 bits per heavy atom. The Hall–Kier alpha value is -1.24. The van der Waals surface area contributed by atoms with E-state index < -0.39 is 5.97 Å². The number of ether oxygens (including phenoxy) is 1. The molecule has 0 atom stereocenters. The summed E-state index contributed by atoms with van der Waals surface area (Å²) in [6, 6.07) is 0.280. The van der Waals surface area contributed by atoms with Crippen LogP contribution in [-0.2, 0) is 11.8 Å². The van der Waals surface area contributed by atoms with Crippen LogP contribution in [0, 0.1) is 0 Å². The summed E-state index contributed by atoms with van der Waals surface area (Å²) < 4.78 is 6.57. The number of aliphatic carboxylic acids is 1. The van der Waals surface area contributed by atoms with Gasteiger partial charge in [-0.15, -0.1) is 5.10 Å². The molecule has 0 aromatic carbocycles. The zero-order chi connectivity index (χ0) is 10.6. The van der Waals surface area contributed by atoms with Crippen molar-refractivity contribution in [1.82, 2.24) is 14.8 Å². The number of hydrogen-bond donors (Lipinski definition) is 1. The smallest absolute Gasteiger partial charge is 0.336 e. The molecule has 0 spiro atoms. The third kappa shape index (κ3) is 2.91. The van der Waals surface area contributed by atoms with Crippen LogP contribution in [0.25, 0.3) is 0 Å². The van der Waals surface area contributed by atoms with Gasteiger partial charge in [0.05, 0.1) is 12.4 Å². The molecule has 1 heterocycles. The van der Waals surface area contributed by atoms with E-state index in [1.807, 2.05) is 6.92 Å². The summed E-state index contributed by atoms with van der Waals surface area (Å²) in [7, 11) is 1.69. The predicted molar refractivity (Wildman–Crippen MR) is 50.5 cm³/mol. The highest BCUT2D eigenvalue weighted by Gasteiger charge is 2.09. The number of carboxylic acid groups (broad SMARTS) is 1. The Morgan fingerprint density at radius 2 is 2.43 bits per heavy atom. The number of hydrogen-bond acceptors (Lipinski definition) is 5. The second-order valence-electron chi connectivity index (χ2n) is 2.42. The van der Waals surface area contributed by atoms with Gasteiger partial charge in [-0.2, -0.15) is 4.98 Å². The highest BCUT2D eigenvalue weighted by Crippen LogP contribution is 2.16. The molecule has 1 rings (SSSR count). The molecule has 0 radical (unpaired) electrons. The van der Waals surface area contributed by atoms with Gasteiger partial charge in [0.2, 0.25) is 0 Å². The average Bonchev–Trinajstić information content (AvgIpc) is 2.44. The zero-order valence-corrected chi connectivity index (χ0v) is 8.74. The van der Waals surface area contributed by atoms with Crippen molar-refractivity contribution in [2.75, 3.05) is 12.4 Å². The number of thioether (sulfide) groups is 1. The molecule has 6 nitrogen and oxygen atoms in total. The minimum atomic E-state index is -0.879. The van der Waals surface area contributed by atoms with Gasteiger partial charge in [-0.1, -0.05) is 11.8 Å². The van der Waals surface area contributed by atoms with E-state index >= 15 is 0 Å². The second-order valence-corrected chi connectivity index (χ2v) is 3.36. The molecule has 0 unspecified atom stereocenters. The maximum Gasteiger partial charge on any atom is 0.336 e. The van der Waals surface area contributed by atoms with E-state index in [1.165, 1.54) is 4.68 Å². The molecule has 0 amide bonds. The predicted octanol–water partition coefficient (Wildman–Crippen LogP) is 0.390. The maximum absolute atomic E-state index is 10.3. The Labute approximate surface area is 85.3 Å². The fraction of sp³-hybridized carbons (Fsp3) is 0.571. The van der Waals surface area contributed by atoms with Gasteiger partial charge in [0.25, 0.3) is 0 Å². The van der Waals surface area contributed by atoms with Gasteiger partial charge in [0.15, 0.2) is 5.16 Å². The molecule has 0 aliphatic carbocycles. The van der Waals surface area contributed by atoms with Crippen LogP contribution < -0.4 is 4.74 Å². The van der Waals surface area contributed by atoms with E-state index in [0.717, 1.165) is 11.8 Å². The van der Waals surface area contributed by atoms with Gasteiger partial charge in [-0.25, -0.2) is 4.68 Å². The lowest BCUT2D eigenvalue weighted by molar-refractivity contribution is -0.133. The lowest BCUT2D eigenvalue weighted by Crippen LogP contribution is -2.00. The first-order valence-electron chi connectivity index (χ1n) is 4.02. The highest BCUT2D eigenvalue weighted by atomic mass is 32.2.